The van der Waals surface area contributed by atoms with E-state index in [1.165, 1.54) is 36.4 Å². The predicted molar refractivity (Wildman–Crippen MR) is 106 cm³/mol. The summed E-state index contributed by atoms with van der Waals surface area (Å²) < 4.78 is 4.98. The van der Waals surface area contributed by atoms with Gasteiger partial charge < -0.3 is 4.74 Å². The minimum Gasteiger partial charge on any atom is -0.465 e. The molecule has 0 amide bonds. The van der Waals surface area contributed by atoms with Gasteiger partial charge in [-0.25, -0.2) is 0 Å². The zero-order valence-corrected chi connectivity index (χ0v) is 16.2. The van der Waals surface area contributed by atoms with Gasteiger partial charge in [0.05, 0.1) is 11.5 Å². The summed E-state index contributed by atoms with van der Waals surface area (Å²) in [5.41, 5.74) is -0.215. The second kappa shape index (κ2) is 8.20. The van der Waals surface area contributed by atoms with Crippen LogP contribution in [0.15, 0.2) is 54.1 Å². The Balaban J connectivity index is 2.31. The summed E-state index contributed by atoms with van der Waals surface area (Å²) in [6, 6.07) is 11.1. The van der Waals surface area contributed by atoms with Crippen LogP contribution in [0.4, 0.5) is 5.69 Å². The summed E-state index contributed by atoms with van der Waals surface area (Å²) in [5, 5.41) is 11.0. The molecule has 0 fully saturated rings. The fourth-order valence-electron chi connectivity index (χ4n) is 3.42. The molecule has 0 saturated heterocycles. The average Bonchev–Trinajstić information content (AvgIpc) is 2.72. The number of nitrogens with zero attached hydrogens (tertiary/aromatic N) is 1. The van der Waals surface area contributed by atoms with E-state index in [1.54, 1.807) is 19.1 Å². The van der Waals surface area contributed by atoms with Crippen molar-refractivity contribution in [2.45, 2.75) is 13.8 Å². The van der Waals surface area contributed by atoms with Crippen LogP contribution >= 0.6 is 0 Å². The van der Waals surface area contributed by atoms with Crippen LogP contribution in [0, 0.1) is 16.0 Å². The molecule has 8 nitrogen and oxygen atoms in total. The predicted octanol–water partition coefficient (Wildman–Crippen LogP) is 3.20. The van der Waals surface area contributed by atoms with E-state index in [-0.39, 0.29) is 40.1 Å². The van der Waals surface area contributed by atoms with Crippen molar-refractivity contribution in [3.8, 4) is 0 Å². The van der Waals surface area contributed by atoms with Crippen LogP contribution in [0.1, 0.15) is 40.1 Å². The van der Waals surface area contributed by atoms with Gasteiger partial charge in [0, 0.05) is 34.4 Å². The van der Waals surface area contributed by atoms with Gasteiger partial charge in [-0.05, 0) is 31.5 Å². The van der Waals surface area contributed by atoms with Crippen molar-refractivity contribution in [3.63, 3.8) is 0 Å². The molecule has 2 aromatic carbocycles. The van der Waals surface area contributed by atoms with E-state index in [9.17, 15) is 29.3 Å². The van der Waals surface area contributed by atoms with E-state index in [1.807, 2.05) is 0 Å². The molecule has 1 atom stereocenters. The van der Waals surface area contributed by atoms with Crippen LogP contribution in [0.3, 0.4) is 0 Å². The molecule has 2 aromatic rings. The smallest absolute Gasteiger partial charge is 0.321 e. The number of hydrogen-bond donors (Lipinski definition) is 0. The summed E-state index contributed by atoms with van der Waals surface area (Å²) in [6.07, 6.45) is 0. The van der Waals surface area contributed by atoms with Crippen molar-refractivity contribution in [1.82, 2.24) is 0 Å². The number of carbonyl (C=O) groups excluding carboxylic acids is 4. The summed E-state index contributed by atoms with van der Waals surface area (Å²) in [6.45, 7) is 2.69. The fourth-order valence-corrected chi connectivity index (χ4v) is 3.42. The number of nitro benzene ring substituents is 1. The Morgan fingerprint density at radius 2 is 1.57 bits per heavy atom. The summed E-state index contributed by atoms with van der Waals surface area (Å²) in [5.74, 6) is -4.35. The Kier molecular flexibility index (Phi) is 5.68. The van der Waals surface area contributed by atoms with Gasteiger partial charge >= 0.3 is 5.97 Å². The van der Waals surface area contributed by atoms with E-state index in [2.05, 4.69) is 0 Å². The van der Waals surface area contributed by atoms with Crippen molar-refractivity contribution in [1.29, 1.82) is 0 Å². The molecule has 0 spiro atoms. The van der Waals surface area contributed by atoms with Gasteiger partial charge in [-0.1, -0.05) is 24.3 Å². The molecule has 1 aliphatic carbocycles. The normalized spacial score (nSPS) is 14.2. The summed E-state index contributed by atoms with van der Waals surface area (Å²) >= 11 is 0. The quantitative estimate of drug-likeness (QED) is 0.312. The number of nitro groups is 1. The fraction of sp³-hybridized carbons (Fsp3) is 0.182. The first-order chi connectivity index (χ1) is 14.3. The molecule has 0 heterocycles. The summed E-state index contributed by atoms with van der Waals surface area (Å²) in [4.78, 5) is 61.8. The number of fused-ring (bicyclic) bond motifs is 1. The molecule has 152 valence electrons. The van der Waals surface area contributed by atoms with Crippen LogP contribution in [0.5, 0.6) is 0 Å². The number of allylic oxidation sites excluding steroid dienone is 1. The maximum Gasteiger partial charge on any atom is 0.321 e. The molecule has 0 unspecified atom stereocenters. The Hall–Kier alpha value is -3.94. The maximum atomic E-state index is 13.3. The van der Waals surface area contributed by atoms with E-state index in [0.717, 1.165) is 6.92 Å². The highest BCUT2D eigenvalue weighted by molar-refractivity contribution is 6.42. The first-order valence-corrected chi connectivity index (χ1v) is 9.12. The van der Waals surface area contributed by atoms with Crippen molar-refractivity contribution < 1.29 is 28.8 Å². The zero-order chi connectivity index (χ0) is 22.0. The monoisotopic (exact) mass is 407 g/mol. The van der Waals surface area contributed by atoms with Gasteiger partial charge in [0.1, 0.15) is 11.7 Å². The molecular weight excluding hydrogens is 390 g/mol. The molecule has 0 N–H and O–H groups in total. The number of ketones is 3. The van der Waals surface area contributed by atoms with Gasteiger partial charge in [0.2, 0.25) is 0 Å². The third-order valence-electron chi connectivity index (χ3n) is 4.74. The molecule has 8 heteroatoms. The van der Waals surface area contributed by atoms with Gasteiger partial charge in [-0.3, -0.25) is 29.3 Å². The van der Waals surface area contributed by atoms with Crippen LogP contribution < -0.4 is 0 Å². The van der Waals surface area contributed by atoms with E-state index in [4.69, 9.17) is 4.74 Å². The average molecular weight is 407 g/mol. The Morgan fingerprint density at radius 3 is 2.07 bits per heavy atom. The highest BCUT2D eigenvalue weighted by Crippen LogP contribution is 2.37. The van der Waals surface area contributed by atoms with Crippen molar-refractivity contribution >= 4 is 34.6 Å². The number of ether oxygens (including phenoxy) is 1. The lowest BCUT2D eigenvalue weighted by Crippen LogP contribution is -2.34. The molecule has 3 rings (SSSR count). The number of esters is 1. The number of rotatable bonds is 6. The molecule has 0 aliphatic heterocycles. The molecule has 0 aromatic heterocycles. The van der Waals surface area contributed by atoms with E-state index in [0.29, 0.717) is 0 Å². The lowest BCUT2D eigenvalue weighted by Gasteiger charge is -2.25. The van der Waals surface area contributed by atoms with Crippen LogP contribution in [0.2, 0.25) is 0 Å². The SMILES string of the molecule is CCOC(=O)[C@@H](C(C)=O)C1=C(c2ccc([N+](=O)[O-])cc2)C(=O)c2ccccc2C1=O. The van der Waals surface area contributed by atoms with E-state index < -0.39 is 34.2 Å². The lowest BCUT2D eigenvalue weighted by atomic mass is 9.75. The van der Waals surface area contributed by atoms with Crippen molar-refractivity contribution in [2.75, 3.05) is 6.61 Å². The van der Waals surface area contributed by atoms with Crippen LogP contribution in [-0.2, 0) is 14.3 Å². The lowest BCUT2D eigenvalue weighted by molar-refractivity contribution is -0.384. The molecular formula is C22H17NO7. The molecule has 0 bridgehead atoms. The van der Waals surface area contributed by atoms with Gasteiger partial charge in [-0.15, -0.1) is 0 Å². The molecule has 30 heavy (non-hydrogen) atoms. The van der Waals surface area contributed by atoms with E-state index >= 15 is 0 Å². The van der Waals surface area contributed by atoms with Gasteiger partial charge in [-0.2, -0.15) is 0 Å². The number of non-ortho nitro benzene ring substituents is 1. The molecule has 1 aliphatic rings. The summed E-state index contributed by atoms with van der Waals surface area (Å²) in [7, 11) is 0. The third kappa shape index (κ3) is 3.55. The highest BCUT2D eigenvalue weighted by atomic mass is 16.6. The number of hydrogen-bond acceptors (Lipinski definition) is 7. The van der Waals surface area contributed by atoms with Gasteiger partial charge in [0.15, 0.2) is 11.6 Å². The Bertz CT molecular complexity index is 1110. The standard InChI is InChI=1S/C22H17NO7/c1-3-30-22(27)17(12(2)24)19-18(13-8-10-14(11-9-13)23(28)29)20(25)15-6-4-5-7-16(15)21(19)26/h4-11,17H,3H2,1-2H3/t17-/m0/s1. The molecule has 0 saturated carbocycles. The Labute approximate surface area is 171 Å². The second-order valence-electron chi connectivity index (χ2n) is 6.59. The largest absolute Gasteiger partial charge is 0.465 e. The number of benzene rings is 2. The number of Topliss-reactive ketones (excluding diaryl/α,β-unsaturated/α-hetero) is 3. The first-order valence-electron chi connectivity index (χ1n) is 9.12. The van der Waals surface area contributed by atoms with Gasteiger partial charge in [0.25, 0.3) is 5.69 Å². The van der Waals surface area contributed by atoms with Crippen molar-refractivity contribution in [2.24, 2.45) is 5.92 Å². The van der Waals surface area contributed by atoms with Crippen molar-refractivity contribution in [3.05, 3.63) is 80.9 Å². The minimum absolute atomic E-state index is 0.0124. The minimum atomic E-state index is -1.58. The zero-order valence-electron chi connectivity index (χ0n) is 16.2. The van der Waals surface area contributed by atoms with Crippen LogP contribution in [0.25, 0.3) is 5.57 Å². The Morgan fingerprint density at radius 1 is 1.00 bits per heavy atom. The first kappa shape index (κ1) is 20.8. The topological polar surface area (TPSA) is 121 Å². The molecule has 0 radical (unpaired) electrons. The number of carbonyl (C=O) groups is 4. The maximum absolute atomic E-state index is 13.3. The van der Waals surface area contributed by atoms with Crippen LogP contribution in [-0.4, -0.2) is 34.8 Å². The third-order valence-corrected chi connectivity index (χ3v) is 4.74. The second-order valence-corrected chi connectivity index (χ2v) is 6.59. The highest BCUT2D eigenvalue weighted by Gasteiger charge is 2.42.